The Hall–Kier alpha value is -0.610. The normalized spacial score (nSPS) is 23.2. The van der Waals surface area contributed by atoms with Crippen molar-refractivity contribution < 1.29 is 9.53 Å². The number of likely N-dealkylation sites (N-methyl/N-ethyl adjacent to an activating group) is 1. The molecular weight excluding hydrogens is 228 g/mol. The molecule has 0 aromatic carbocycles. The number of nitrogens with one attached hydrogen (secondary N) is 2. The fourth-order valence-electron chi connectivity index (χ4n) is 2.35. The fraction of sp³-hybridized carbons (Fsp3) is 0.929. The van der Waals surface area contributed by atoms with Gasteiger partial charge >= 0.3 is 0 Å². The minimum atomic E-state index is -0.0184. The highest BCUT2D eigenvalue weighted by Crippen LogP contribution is 2.13. The van der Waals surface area contributed by atoms with E-state index >= 15 is 0 Å². The smallest absolute Gasteiger partial charge is 0.227 e. The highest BCUT2D eigenvalue weighted by atomic mass is 16.5. The van der Waals surface area contributed by atoms with Crippen LogP contribution >= 0.6 is 0 Å². The molecular formula is C14H28N2O2. The van der Waals surface area contributed by atoms with Gasteiger partial charge in [0.1, 0.15) is 0 Å². The van der Waals surface area contributed by atoms with Crippen LogP contribution in [0, 0.1) is 5.92 Å². The lowest BCUT2D eigenvalue weighted by Crippen LogP contribution is -2.42. The van der Waals surface area contributed by atoms with E-state index in [-0.39, 0.29) is 17.9 Å². The van der Waals surface area contributed by atoms with Crippen molar-refractivity contribution in [3.05, 3.63) is 0 Å². The Morgan fingerprint density at radius 2 is 1.89 bits per heavy atom. The van der Waals surface area contributed by atoms with Crippen molar-refractivity contribution in [2.24, 2.45) is 5.92 Å². The van der Waals surface area contributed by atoms with Gasteiger partial charge in [0.05, 0.1) is 19.1 Å². The zero-order chi connectivity index (χ0) is 13.2. The second kappa shape index (κ2) is 9.34. The van der Waals surface area contributed by atoms with E-state index in [0.717, 1.165) is 13.0 Å². The van der Waals surface area contributed by atoms with Crippen LogP contribution < -0.4 is 10.6 Å². The number of unbranched alkanes of at least 4 members (excludes halogenated alkanes) is 5. The average molecular weight is 256 g/mol. The van der Waals surface area contributed by atoms with E-state index < -0.39 is 0 Å². The lowest BCUT2D eigenvalue weighted by atomic mass is 10.0. The van der Waals surface area contributed by atoms with Crippen molar-refractivity contribution in [1.82, 2.24) is 10.6 Å². The summed E-state index contributed by atoms with van der Waals surface area (Å²) < 4.78 is 5.33. The van der Waals surface area contributed by atoms with Crippen LogP contribution in [0.25, 0.3) is 0 Å². The van der Waals surface area contributed by atoms with Gasteiger partial charge in [0, 0.05) is 12.6 Å². The number of rotatable bonds is 9. The molecule has 1 aliphatic heterocycles. The van der Waals surface area contributed by atoms with Gasteiger partial charge in [-0.25, -0.2) is 0 Å². The van der Waals surface area contributed by atoms with Crippen molar-refractivity contribution in [2.75, 3.05) is 26.8 Å². The van der Waals surface area contributed by atoms with Gasteiger partial charge in [-0.3, -0.25) is 4.79 Å². The summed E-state index contributed by atoms with van der Waals surface area (Å²) in [6.07, 6.45) is 7.53. The van der Waals surface area contributed by atoms with Crippen molar-refractivity contribution in [1.29, 1.82) is 0 Å². The summed E-state index contributed by atoms with van der Waals surface area (Å²) in [5.41, 5.74) is 0. The molecule has 4 heteroatoms. The van der Waals surface area contributed by atoms with Gasteiger partial charge in [-0.05, 0) is 13.5 Å². The monoisotopic (exact) mass is 256 g/mol. The molecule has 0 aromatic heterocycles. The first-order chi connectivity index (χ1) is 8.79. The minimum Gasteiger partial charge on any atom is -0.379 e. The van der Waals surface area contributed by atoms with Gasteiger partial charge in [-0.15, -0.1) is 0 Å². The maximum absolute atomic E-state index is 11.9. The number of amides is 1. The van der Waals surface area contributed by atoms with Crippen molar-refractivity contribution in [3.8, 4) is 0 Å². The molecule has 0 aromatic rings. The fourth-order valence-corrected chi connectivity index (χ4v) is 2.35. The Bertz CT molecular complexity index is 234. The molecule has 0 spiro atoms. The maximum Gasteiger partial charge on any atom is 0.227 e. The van der Waals surface area contributed by atoms with Crippen molar-refractivity contribution >= 4 is 5.91 Å². The van der Waals surface area contributed by atoms with Crippen LogP contribution in [-0.4, -0.2) is 38.8 Å². The first-order valence-electron chi connectivity index (χ1n) is 7.32. The first-order valence-corrected chi connectivity index (χ1v) is 7.32. The summed E-state index contributed by atoms with van der Waals surface area (Å²) in [7, 11) is 1.88. The van der Waals surface area contributed by atoms with Gasteiger partial charge in [-0.1, -0.05) is 39.0 Å². The molecule has 1 aliphatic rings. The second-order valence-corrected chi connectivity index (χ2v) is 5.10. The third-order valence-electron chi connectivity index (χ3n) is 3.62. The molecule has 4 nitrogen and oxygen atoms in total. The second-order valence-electron chi connectivity index (χ2n) is 5.10. The Balaban J connectivity index is 2.03. The average Bonchev–Trinajstić information content (AvgIpc) is 2.85. The summed E-state index contributed by atoms with van der Waals surface area (Å²) in [4.78, 5) is 11.9. The Labute approximate surface area is 111 Å². The first kappa shape index (κ1) is 15.4. The topological polar surface area (TPSA) is 50.4 Å². The van der Waals surface area contributed by atoms with Crippen LogP contribution in [0.5, 0.6) is 0 Å². The summed E-state index contributed by atoms with van der Waals surface area (Å²) in [6, 6.07) is 0.176. The predicted octanol–water partition coefficient (Wildman–Crippen LogP) is 1.70. The number of ether oxygens (including phenoxy) is 1. The SMILES string of the molecule is CCCCCCCCNC(=O)C1COCC1NC. The van der Waals surface area contributed by atoms with Crippen LogP contribution in [0.1, 0.15) is 45.4 Å². The van der Waals surface area contributed by atoms with E-state index in [1.165, 1.54) is 32.1 Å². The molecule has 1 amide bonds. The lowest BCUT2D eigenvalue weighted by molar-refractivity contribution is -0.125. The van der Waals surface area contributed by atoms with E-state index in [9.17, 15) is 4.79 Å². The van der Waals surface area contributed by atoms with E-state index in [1.54, 1.807) is 0 Å². The van der Waals surface area contributed by atoms with Crippen LogP contribution in [0.2, 0.25) is 0 Å². The largest absolute Gasteiger partial charge is 0.379 e. The molecule has 0 aliphatic carbocycles. The van der Waals surface area contributed by atoms with Gasteiger partial charge in [0.25, 0.3) is 0 Å². The molecule has 0 bridgehead atoms. The molecule has 1 fully saturated rings. The third-order valence-corrected chi connectivity index (χ3v) is 3.62. The summed E-state index contributed by atoms with van der Waals surface area (Å²) in [5, 5.41) is 6.15. The summed E-state index contributed by atoms with van der Waals surface area (Å²) >= 11 is 0. The van der Waals surface area contributed by atoms with Crippen LogP contribution in [0.15, 0.2) is 0 Å². The lowest BCUT2D eigenvalue weighted by Gasteiger charge is -2.16. The van der Waals surface area contributed by atoms with Gasteiger partial charge in [0.15, 0.2) is 0 Å². The highest BCUT2D eigenvalue weighted by Gasteiger charge is 2.32. The molecule has 0 saturated carbocycles. The molecule has 18 heavy (non-hydrogen) atoms. The molecule has 2 atom stereocenters. The zero-order valence-corrected chi connectivity index (χ0v) is 11.8. The van der Waals surface area contributed by atoms with Crippen LogP contribution in [0.3, 0.4) is 0 Å². The van der Waals surface area contributed by atoms with E-state index in [2.05, 4.69) is 17.6 Å². The number of hydrogen-bond acceptors (Lipinski definition) is 3. The Morgan fingerprint density at radius 1 is 1.17 bits per heavy atom. The predicted molar refractivity (Wildman–Crippen MR) is 73.5 cm³/mol. The highest BCUT2D eigenvalue weighted by molar-refractivity contribution is 5.79. The molecule has 1 rings (SSSR count). The van der Waals surface area contributed by atoms with Crippen LogP contribution in [-0.2, 0) is 9.53 Å². The quantitative estimate of drug-likeness (QED) is 0.617. The van der Waals surface area contributed by atoms with Gasteiger partial charge < -0.3 is 15.4 Å². The minimum absolute atomic E-state index is 0.0184. The molecule has 106 valence electrons. The van der Waals surface area contributed by atoms with Gasteiger partial charge in [0.2, 0.25) is 5.91 Å². The molecule has 1 saturated heterocycles. The molecule has 2 N–H and O–H groups in total. The van der Waals surface area contributed by atoms with E-state index in [0.29, 0.717) is 13.2 Å². The Kier molecular flexibility index (Phi) is 8.01. The molecule has 2 unspecified atom stereocenters. The van der Waals surface area contributed by atoms with E-state index in [1.807, 2.05) is 7.05 Å². The standard InChI is InChI=1S/C14H28N2O2/c1-3-4-5-6-7-8-9-16-14(17)12-10-18-11-13(12)15-2/h12-13,15H,3-11H2,1-2H3,(H,16,17). The summed E-state index contributed by atoms with van der Waals surface area (Å²) in [5.74, 6) is 0.121. The van der Waals surface area contributed by atoms with Gasteiger partial charge in [-0.2, -0.15) is 0 Å². The van der Waals surface area contributed by atoms with Crippen molar-refractivity contribution in [3.63, 3.8) is 0 Å². The number of carbonyl (C=O) groups is 1. The van der Waals surface area contributed by atoms with Crippen LogP contribution in [0.4, 0.5) is 0 Å². The zero-order valence-electron chi connectivity index (χ0n) is 11.8. The molecule has 0 radical (unpaired) electrons. The summed E-state index contributed by atoms with van der Waals surface area (Å²) in [6.45, 7) is 4.22. The number of hydrogen-bond donors (Lipinski definition) is 2. The van der Waals surface area contributed by atoms with E-state index in [4.69, 9.17) is 4.74 Å². The van der Waals surface area contributed by atoms with Crippen molar-refractivity contribution in [2.45, 2.75) is 51.5 Å². The molecule has 1 heterocycles. The third kappa shape index (κ3) is 5.36. The maximum atomic E-state index is 11.9. The number of carbonyl (C=O) groups excluding carboxylic acids is 1. The Morgan fingerprint density at radius 3 is 2.61 bits per heavy atom.